The number of carboxylic acids is 1. The number of carboxylic acid groups (broad SMARTS) is 1. The van der Waals surface area contributed by atoms with Crippen molar-refractivity contribution < 1.29 is 18.7 Å². The zero-order chi connectivity index (χ0) is 13.2. The third-order valence-electron chi connectivity index (χ3n) is 3.57. The third-order valence-corrected chi connectivity index (χ3v) is 3.57. The second-order valence-electron chi connectivity index (χ2n) is 4.73. The third kappa shape index (κ3) is 2.36. The van der Waals surface area contributed by atoms with Crippen molar-refractivity contribution in [3.63, 3.8) is 0 Å². The topological polar surface area (TPSA) is 49.3 Å². The van der Waals surface area contributed by atoms with Crippen molar-refractivity contribution in [3.05, 3.63) is 35.4 Å². The molecule has 0 unspecified atom stereocenters. The van der Waals surface area contributed by atoms with Gasteiger partial charge in [-0.25, -0.2) is 8.78 Å². The highest BCUT2D eigenvalue weighted by atomic mass is 19.2. The minimum atomic E-state index is -0.986. The molecule has 2 N–H and O–H groups in total. The molecule has 1 fully saturated rings. The Labute approximate surface area is 104 Å². The van der Waals surface area contributed by atoms with Crippen LogP contribution in [0.2, 0.25) is 0 Å². The van der Waals surface area contributed by atoms with E-state index in [0.29, 0.717) is 25.9 Å². The number of hydrogen-bond acceptors (Lipinski definition) is 2. The quantitative estimate of drug-likeness (QED) is 0.868. The summed E-state index contributed by atoms with van der Waals surface area (Å²) in [4.78, 5) is 11.4. The predicted molar refractivity (Wildman–Crippen MR) is 62.2 cm³/mol. The smallest absolute Gasteiger partial charge is 0.310 e. The first-order valence-electron chi connectivity index (χ1n) is 5.92. The highest BCUT2D eigenvalue weighted by Crippen LogP contribution is 2.34. The minimum Gasteiger partial charge on any atom is -0.481 e. The fourth-order valence-corrected chi connectivity index (χ4v) is 2.42. The van der Waals surface area contributed by atoms with E-state index in [-0.39, 0.29) is 12.0 Å². The normalized spacial score (nSPS) is 18.6. The maximum absolute atomic E-state index is 13.6. The second-order valence-corrected chi connectivity index (χ2v) is 4.73. The van der Waals surface area contributed by atoms with Gasteiger partial charge in [-0.1, -0.05) is 12.1 Å². The van der Waals surface area contributed by atoms with Crippen molar-refractivity contribution in [3.8, 4) is 0 Å². The molecule has 5 heteroatoms. The van der Waals surface area contributed by atoms with Crippen molar-refractivity contribution in [1.82, 2.24) is 5.32 Å². The Morgan fingerprint density at radius 2 is 2.00 bits per heavy atom. The van der Waals surface area contributed by atoms with Crippen LogP contribution in [-0.4, -0.2) is 24.2 Å². The molecule has 1 heterocycles. The molecule has 3 nitrogen and oxygen atoms in total. The number of carbonyl (C=O) groups is 1. The van der Waals surface area contributed by atoms with Crippen LogP contribution < -0.4 is 5.32 Å². The molecule has 1 aromatic carbocycles. The number of halogens is 2. The monoisotopic (exact) mass is 255 g/mol. The minimum absolute atomic E-state index is 0.0353. The van der Waals surface area contributed by atoms with Crippen LogP contribution in [0.1, 0.15) is 18.4 Å². The SMILES string of the molecule is O=C(O)C1(Cc2cccc(F)c2F)CCNCC1. The van der Waals surface area contributed by atoms with Crippen molar-refractivity contribution in [2.24, 2.45) is 5.41 Å². The molecule has 1 aliphatic rings. The Morgan fingerprint density at radius 1 is 1.33 bits per heavy atom. The van der Waals surface area contributed by atoms with Crippen molar-refractivity contribution in [1.29, 1.82) is 0 Å². The van der Waals surface area contributed by atoms with Gasteiger partial charge in [0.25, 0.3) is 0 Å². The summed E-state index contributed by atoms with van der Waals surface area (Å²) in [7, 11) is 0. The highest BCUT2D eigenvalue weighted by Gasteiger charge is 2.40. The Morgan fingerprint density at radius 3 is 2.61 bits per heavy atom. The summed E-state index contributed by atoms with van der Waals surface area (Å²) in [6.45, 7) is 1.17. The van der Waals surface area contributed by atoms with Crippen LogP contribution in [0, 0.1) is 17.0 Å². The van der Waals surface area contributed by atoms with Crippen molar-refractivity contribution in [2.75, 3.05) is 13.1 Å². The summed E-state index contributed by atoms with van der Waals surface area (Å²) in [6.07, 6.45) is 0.893. The van der Waals surface area contributed by atoms with Gasteiger partial charge in [0.2, 0.25) is 0 Å². The molecule has 1 aliphatic heterocycles. The molecule has 18 heavy (non-hydrogen) atoms. The molecule has 0 saturated carbocycles. The van der Waals surface area contributed by atoms with Crippen molar-refractivity contribution in [2.45, 2.75) is 19.3 Å². The van der Waals surface area contributed by atoms with Gasteiger partial charge in [-0.3, -0.25) is 4.79 Å². The Balaban J connectivity index is 2.29. The van der Waals surface area contributed by atoms with E-state index < -0.39 is 23.0 Å². The van der Waals surface area contributed by atoms with Gasteiger partial charge >= 0.3 is 5.97 Å². The summed E-state index contributed by atoms with van der Waals surface area (Å²) in [5.74, 6) is -2.80. The van der Waals surface area contributed by atoms with E-state index in [0.717, 1.165) is 6.07 Å². The average Bonchev–Trinajstić information content (AvgIpc) is 2.36. The van der Waals surface area contributed by atoms with E-state index in [1.807, 2.05) is 0 Å². The molecule has 0 atom stereocenters. The lowest BCUT2D eigenvalue weighted by molar-refractivity contribution is -0.150. The molecule has 1 aromatic rings. The van der Waals surface area contributed by atoms with Gasteiger partial charge in [0.05, 0.1) is 5.41 Å². The van der Waals surface area contributed by atoms with Gasteiger partial charge in [0, 0.05) is 0 Å². The Kier molecular flexibility index (Phi) is 3.61. The largest absolute Gasteiger partial charge is 0.481 e. The number of rotatable bonds is 3. The van der Waals surface area contributed by atoms with Gasteiger partial charge in [-0.05, 0) is 44.0 Å². The van der Waals surface area contributed by atoms with Crippen LogP contribution in [0.3, 0.4) is 0 Å². The fourth-order valence-electron chi connectivity index (χ4n) is 2.42. The van der Waals surface area contributed by atoms with E-state index in [1.165, 1.54) is 12.1 Å². The van der Waals surface area contributed by atoms with Crippen LogP contribution in [0.15, 0.2) is 18.2 Å². The molecular formula is C13H15F2NO2. The van der Waals surface area contributed by atoms with Crippen LogP contribution in [0.5, 0.6) is 0 Å². The van der Waals surface area contributed by atoms with Crippen molar-refractivity contribution >= 4 is 5.97 Å². The zero-order valence-corrected chi connectivity index (χ0v) is 9.88. The molecule has 0 aliphatic carbocycles. The molecule has 0 bridgehead atoms. The lowest BCUT2D eigenvalue weighted by Gasteiger charge is -2.33. The molecule has 0 aromatic heterocycles. The fraction of sp³-hybridized carbons (Fsp3) is 0.462. The van der Waals surface area contributed by atoms with Gasteiger partial charge in [-0.2, -0.15) is 0 Å². The first kappa shape index (κ1) is 13.0. The molecule has 1 saturated heterocycles. The number of aliphatic carboxylic acids is 1. The predicted octanol–water partition coefficient (Wildman–Crippen LogP) is 1.96. The number of nitrogens with one attached hydrogen (secondary N) is 1. The lowest BCUT2D eigenvalue weighted by atomic mass is 9.74. The molecular weight excluding hydrogens is 240 g/mol. The molecule has 98 valence electrons. The van der Waals surface area contributed by atoms with Crippen LogP contribution in [0.4, 0.5) is 8.78 Å². The molecule has 0 radical (unpaired) electrons. The van der Waals surface area contributed by atoms with Gasteiger partial charge < -0.3 is 10.4 Å². The zero-order valence-electron chi connectivity index (χ0n) is 9.88. The number of hydrogen-bond donors (Lipinski definition) is 2. The van der Waals surface area contributed by atoms with Crippen LogP contribution >= 0.6 is 0 Å². The Bertz CT molecular complexity index is 456. The lowest BCUT2D eigenvalue weighted by Crippen LogP contribution is -2.43. The second kappa shape index (κ2) is 5.02. The highest BCUT2D eigenvalue weighted by molar-refractivity contribution is 5.75. The molecule has 2 rings (SSSR count). The maximum atomic E-state index is 13.6. The van der Waals surface area contributed by atoms with Crippen LogP contribution in [0.25, 0.3) is 0 Å². The summed E-state index contributed by atoms with van der Waals surface area (Å²) in [5.41, 5.74) is -0.848. The van der Waals surface area contributed by atoms with E-state index in [1.54, 1.807) is 0 Å². The summed E-state index contributed by atoms with van der Waals surface area (Å²) in [6, 6.07) is 3.89. The van der Waals surface area contributed by atoms with Gasteiger partial charge in [0.15, 0.2) is 11.6 Å². The first-order valence-corrected chi connectivity index (χ1v) is 5.92. The summed E-state index contributed by atoms with van der Waals surface area (Å²) < 4.78 is 26.7. The summed E-state index contributed by atoms with van der Waals surface area (Å²) >= 11 is 0. The molecule has 0 spiro atoms. The number of benzene rings is 1. The number of piperidine rings is 1. The van der Waals surface area contributed by atoms with E-state index >= 15 is 0 Å². The standard InChI is InChI=1S/C13H15F2NO2/c14-10-3-1-2-9(11(10)15)8-13(12(17)18)4-6-16-7-5-13/h1-3,16H,4-8H2,(H,17,18). The van der Waals surface area contributed by atoms with Gasteiger partial charge in [-0.15, -0.1) is 0 Å². The van der Waals surface area contributed by atoms with Gasteiger partial charge in [0.1, 0.15) is 0 Å². The maximum Gasteiger partial charge on any atom is 0.310 e. The van der Waals surface area contributed by atoms with Crippen LogP contribution in [-0.2, 0) is 11.2 Å². The summed E-state index contributed by atoms with van der Waals surface area (Å²) in [5, 5.41) is 12.4. The van der Waals surface area contributed by atoms with E-state index in [4.69, 9.17) is 0 Å². The van der Waals surface area contributed by atoms with E-state index in [9.17, 15) is 18.7 Å². The van der Waals surface area contributed by atoms with E-state index in [2.05, 4.69) is 5.32 Å². The first-order chi connectivity index (χ1) is 8.55. The Hall–Kier alpha value is -1.49. The molecule has 0 amide bonds. The average molecular weight is 255 g/mol.